The van der Waals surface area contributed by atoms with Crippen LogP contribution in [0.15, 0.2) is 17.1 Å². The number of hydrogen-bond acceptors (Lipinski definition) is 7. The number of nitrogen functional groups attached to an aromatic ring is 1. The van der Waals surface area contributed by atoms with E-state index in [4.69, 9.17) is 15.2 Å². The zero-order chi connectivity index (χ0) is 18.6. The lowest BCUT2D eigenvalue weighted by molar-refractivity contribution is -0.150. The number of aliphatic hydroxyl groups is 1. The van der Waals surface area contributed by atoms with Crippen LogP contribution in [0.5, 0.6) is 0 Å². The monoisotopic (exact) mass is 353 g/mol. The van der Waals surface area contributed by atoms with Gasteiger partial charge in [-0.15, -0.1) is 0 Å². The van der Waals surface area contributed by atoms with Gasteiger partial charge in [-0.1, -0.05) is 33.6 Å². The van der Waals surface area contributed by atoms with Crippen molar-refractivity contribution in [3.8, 4) is 0 Å². The Kier molecular flexibility index (Phi) is 6.18. The highest BCUT2D eigenvalue weighted by Gasteiger charge is 2.51. The van der Waals surface area contributed by atoms with Crippen LogP contribution < -0.4 is 11.4 Å². The second kappa shape index (κ2) is 7.97. The van der Waals surface area contributed by atoms with E-state index >= 15 is 0 Å². The fraction of sp³-hybridized carbons (Fsp3) is 0.706. The van der Waals surface area contributed by atoms with Crippen molar-refractivity contribution in [2.45, 2.75) is 64.9 Å². The Bertz CT molecular complexity index is 658. The quantitative estimate of drug-likeness (QED) is 0.559. The van der Waals surface area contributed by atoms with Gasteiger partial charge in [0.1, 0.15) is 24.8 Å². The van der Waals surface area contributed by atoms with Gasteiger partial charge < -0.3 is 20.3 Å². The van der Waals surface area contributed by atoms with Gasteiger partial charge in [-0.2, -0.15) is 4.98 Å². The van der Waals surface area contributed by atoms with Gasteiger partial charge in [0.05, 0.1) is 6.10 Å². The summed E-state index contributed by atoms with van der Waals surface area (Å²) in [6.45, 7) is 5.58. The molecule has 1 saturated heterocycles. The summed E-state index contributed by atoms with van der Waals surface area (Å²) in [5.74, 6) is -0.188. The third-order valence-electron chi connectivity index (χ3n) is 4.55. The molecule has 1 unspecified atom stereocenters. The van der Waals surface area contributed by atoms with Crippen molar-refractivity contribution in [1.82, 2.24) is 9.55 Å². The smallest absolute Gasteiger partial charge is 0.351 e. The van der Waals surface area contributed by atoms with E-state index in [1.165, 1.54) is 16.8 Å². The number of nitrogens with two attached hydrogens (primary N) is 1. The van der Waals surface area contributed by atoms with Crippen molar-refractivity contribution >= 4 is 11.8 Å². The predicted molar refractivity (Wildman–Crippen MR) is 91.7 cm³/mol. The number of esters is 1. The van der Waals surface area contributed by atoms with Crippen LogP contribution in [0.4, 0.5) is 5.82 Å². The minimum Gasteiger partial charge on any atom is -0.463 e. The number of anilines is 1. The number of hydrogen-bond donors (Lipinski definition) is 2. The van der Waals surface area contributed by atoms with Crippen LogP contribution in [0.1, 0.15) is 52.7 Å². The molecular weight excluding hydrogens is 326 g/mol. The number of unbranched alkanes of at least 4 members (excludes halogenated alkanes) is 2. The molecule has 2 rings (SSSR count). The number of nitrogens with zero attached hydrogens (tertiary/aromatic N) is 2. The van der Waals surface area contributed by atoms with Gasteiger partial charge in [-0.05, 0) is 12.5 Å². The first-order valence-corrected chi connectivity index (χ1v) is 8.61. The van der Waals surface area contributed by atoms with Crippen LogP contribution >= 0.6 is 0 Å². The molecule has 2 heterocycles. The number of rotatable bonds is 7. The van der Waals surface area contributed by atoms with E-state index in [0.29, 0.717) is 6.42 Å². The van der Waals surface area contributed by atoms with Crippen LogP contribution in [0.3, 0.4) is 0 Å². The summed E-state index contributed by atoms with van der Waals surface area (Å²) in [5.41, 5.74) is 4.19. The first kappa shape index (κ1) is 19.4. The molecule has 8 heteroatoms. The third-order valence-corrected chi connectivity index (χ3v) is 4.55. The lowest BCUT2D eigenvalue weighted by atomic mass is 9.84. The Hall–Kier alpha value is -1.93. The molecule has 1 aliphatic rings. The number of carbonyl (C=O) groups excluding carboxylic acids is 1. The summed E-state index contributed by atoms with van der Waals surface area (Å²) >= 11 is 0. The van der Waals surface area contributed by atoms with Gasteiger partial charge in [0.15, 0.2) is 0 Å². The Morgan fingerprint density at radius 3 is 2.84 bits per heavy atom. The van der Waals surface area contributed by atoms with Gasteiger partial charge in [-0.25, -0.2) is 4.79 Å². The highest BCUT2D eigenvalue weighted by atomic mass is 16.6. The number of ether oxygens (including phenoxy) is 2. The summed E-state index contributed by atoms with van der Waals surface area (Å²) < 4.78 is 12.3. The topological polar surface area (TPSA) is 117 Å². The van der Waals surface area contributed by atoms with E-state index in [1.807, 2.05) is 0 Å². The van der Waals surface area contributed by atoms with Crippen molar-refractivity contribution in [2.75, 3.05) is 12.3 Å². The van der Waals surface area contributed by atoms with E-state index < -0.39 is 29.5 Å². The molecule has 1 aromatic heterocycles. The number of carbonyl (C=O) groups is 1. The van der Waals surface area contributed by atoms with Crippen molar-refractivity contribution < 1.29 is 19.4 Å². The van der Waals surface area contributed by atoms with Crippen LogP contribution in [-0.4, -0.2) is 39.4 Å². The largest absolute Gasteiger partial charge is 0.463 e. The normalized spacial score (nSPS) is 25.0. The summed E-state index contributed by atoms with van der Waals surface area (Å²) in [4.78, 5) is 27.5. The molecule has 1 aliphatic heterocycles. The second-order valence-electron chi connectivity index (χ2n) is 6.98. The SMILES string of the molecule is CCCCCC(=O)OC[C@H]1O[C@@H](n2ccc(N)nc2=O)C(C)(C)C1O. The maximum Gasteiger partial charge on any atom is 0.351 e. The Labute approximate surface area is 147 Å². The van der Waals surface area contributed by atoms with Gasteiger partial charge >= 0.3 is 11.7 Å². The van der Waals surface area contributed by atoms with Crippen LogP contribution in [-0.2, 0) is 14.3 Å². The van der Waals surface area contributed by atoms with Crippen LogP contribution in [0.25, 0.3) is 0 Å². The average molecular weight is 353 g/mol. The Morgan fingerprint density at radius 1 is 1.48 bits per heavy atom. The van der Waals surface area contributed by atoms with Gasteiger partial charge in [0, 0.05) is 18.0 Å². The standard InChI is InChI=1S/C17H27N3O5/c1-4-5-6-7-13(21)24-10-11-14(22)17(2,3)15(25-11)20-9-8-12(18)19-16(20)23/h8-9,11,14-15,22H,4-7,10H2,1-3H3,(H2,18,19,23)/t11-,14?,15-/m1/s1. The zero-order valence-corrected chi connectivity index (χ0v) is 15.0. The van der Waals surface area contributed by atoms with E-state index in [1.54, 1.807) is 13.8 Å². The van der Waals surface area contributed by atoms with Crippen LogP contribution in [0.2, 0.25) is 0 Å². The Balaban J connectivity index is 2.03. The van der Waals surface area contributed by atoms with Crippen molar-refractivity contribution in [3.63, 3.8) is 0 Å². The molecule has 0 amide bonds. The highest BCUT2D eigenvalue weighted by molar-refractivity contribution is 5.69. The molecule has 0 spiro atoms. The zero-order valence-electron chi connectivity index (χ0n) is 15.0. The molecule has 0 saturated carbocycles. The minimum absolute atomic E-state index is 0.0524. The average Bonchev–Trinajstić information content (AvgIpc) is 2.77. The van der Waals surface area contributed by atoms with Crippen LogP contribution in [0, 0.1) is 5.41 Å². The highest BCUT2D eigenvalue weighted by Crippen LogP contribution is 2.44. The molecular formula is C17H27N3O5. The second-order valence-corrected chi connectivity index (χ2v) is 6.98. The predicted octanol–water partition coefficient (Wildman–Crippen LogP) is 1.23. The van der Waals surface area contributed by atoms with Crippen molar-refractivity contribution in [3.05, 3.63) is 22.7 Å². The molecule has 3 atom stereocenters. The summed E-state index contributed by atoms with van der Waals surface area (Å²) in [5, 5.41) is 10.5. The molecule has 8 nitrogen and oxygen atoms in total. The number of aromatic nitrogens is 2. The fourth-order valence-corrected chi connectivity index (χ4v) is 2.97. The molecule has 0 radical (unpaired) electrons. The molecule has 0 aromatic carbocycles. The van der Waals surface area contributed by atoms with Crippen molar-refractivity contribution in [1.29, 1.82) is 0 Å². The molecule has 1 aromatic rings. The van der Waals surface area contributed by atoms with Gasteiger partial charge in [-0.3, -0.25) is 9.36 Å². The molecule has 0 aliphatic carbocycles. The maximum absolute atomic E-state index is 12.1. The first-order valence-electron chi connectivity index (χ1n) is 8.61. The van der Waals surface area contributed by atoms with E-state index in [9.17, 15) is 14.7 Å². The number of aliphatic hydroxyl groups excluding tert-OH is 1. The van der Waals surface area contributed by atoms with E-state index in [-0.39, 0.29) is 18.4 Å². The summed E-state index contributed by atoms with van der Waals surface area (Å²) in [7, 11) is 0. The first-order chi connectivity index (χ1) is 11.8. The third kappa shape index (κ3) is 4.38. The molecule has 1 fully saturated rings. The lowest BCUT2D eigenvalue weighted by Crippen LogP contribution is -2.38. The molecule has 0 bridgehead atoms. The molecule has 140 valence electrons. The fourth-order valence-electron chi connectivity index (χ4n) is 2.97. The van der Waals surface area contributed by atoms with Gasteiger partial charge in [0.25, 0.3) is 0 Å². The summed E-state index contributed by atoms with van der Waals surface area (Å²) in [6, 6.07) is 1.49. The molecule has 3 N–H and O–H groups in total. The van der Waals surface area contributed by atoms with E-state index in [0.717, 1.165) is 19.3 Å². The van der Waals surface area contributed by atoms with Gasteiger partial charge in [0.2, 0.25) is 0 Å². The minimum atomic E-state index is -0.898. The lowest BCUT2D eigenvalue weighted by Gasteiger charge is -2.28. The van der Waals surface area contributed by atoms with Crippen molar-refractivity contribution in [2.24, 2.45) is 5.41 Å². The van der Waals surface area contributed by atoms with E-state index in [2.05, 4.69) is 11.9 Å². The molecule has 25 heavy (non-hydrogen) atoms. The maximum atomic E-state index is 12.1. The Morgan fingerprint density at radius 2 is 2.20 bits per heavy atom. The summed E-state index contributed by atoms with van der Waals surface area (Å²) in [6.07, 6.45) is 2.28.